The van der Waals surface area contributed by atoms with Crippen molar-refractivity contribution in [2.45, 2.75) is 284 Å². The Bertz CT molecular complexity index is 702. The molecule has 0 saturated heterocycles. The predicted molar refractivity (Wildman–Crippen MR) is 221 cm³/mol. The van der Waals surface area contributed by atoms with Gasteiger partial charge in [-0.15, -0.1) is 0 Å². The van der Waals surface area contributed by atoms with E-state index in [9.17, 15) is 0 Å². The normalized spacial score (nSPS) is 11.7. The smallest absolute Gasteiger partial charge is 0.247 e. The molecule has 0 unspecified atom stereocenters. The first-order valence-corrected chi connectivity index (χ1v) is 23.4. The molecule has 0 radical (unpaired) electrons. The van der Waals surface area contributed by atoms with Gasteiger partial charge in [0, 0.05) is 12.8 Å². The number of aromatic nitrogens is 2. The number of aryl methyl sites for hydroxylation is 2. The minimum absolute atomic E-state index is 1.24. The standard InChI is InChI=1S/C47H92N2/c1-4-7-10-13-16-19-22-24-26-28-30-33-36-39-42-46-45-48-47(49(46)44-41-38-35-32-21-18-15-12-9-6-3)43-40-37-34-31-29-27-25-23-20-17-14-11-8-5-2/h45H,4-44H2,1-3H3/p+1. The average molecular weight is 686 g/mol. The number of nitrogens with zero attached hydrogens (tertiary/aromatic N) is 1. The summed E-state index contributed by atoms with van der Waals surface area (Å²) in [5.41, 5.74) is 1.59. The summed E-state index contributed by atoms with van der Waals surface area (Å²) < 4.78 is 2.73. The maximum atomic E-state index is 3.77. The van der Waals surface area contributed by atoms with Gasteiger partial charge >= 0.3 is 0 Å². The van der Waals surface area contributed by atoms with E-state index in [1.807, 2.05) is 0 Å². The molecule has 1 rings (SSSR count). The molecule has 2 nitrogen and oxygen atoms in total. The monoisotopic (exact) mass is 686 g/mol. The van der Waals surface area contributed by atoms with Gasteiger partial charge in [0.2, 0.25) is 0 Å². The second-order valence-corrected chi connectivity index (χ2v) is 16.3. The molecule has 0 fully saturated rings. The van der Waals surface area contributed by atoms with Crippen molar-refractivity contribution < 1.29 is 4.57 Å². The predicted octanol–water partition coefficient (Wildman–Crippen LogP) is 16.3. The van der Waals surface area contributed by atoms with Crippen molar-refractivity contribution in [3.8, 4) is 0 Å². The van der Waals surface area contributed by atoms with E-state index >= 15 is 0 Å². The van der Waals surface area contributed by atoms with Crippen LogP contribution in [0.4, 0.5) is 0 Å². The van der Waals surface area contributed by atoms with Crippen molar-refractivity contribution in [3.63, 3.8) is 0 Å². The van der Waals surface area contributed by atoms with Crippen LogP contribution < -0.4 is 4.57 Å². The van der Waals surface area contributed by atoms with Gasteiger partial charge in [-0.2, -0.15) is 0 Å². The third-order valence-electron chi connectivity index (χ3n) is 11.4. The van der Waals surface area contributed by atoms with Gasteiger partial charge in [0.05, 0.1) is 6.54 Å². The SMILES string of the molecule is CCCCCCCCCCCCCCCCc1c[nH]c(CCCCCCCCCCCCCCCC)[n+]1CCCCCCCCCCCC. The second kappa shape index (κ2) is 38.4. The molecule has 49 heavy (non-hydrogen) atoms. The van der Waals surface area contributed by atoms with Gasteiger partial charge in [-0.25, -0.2) is 9.55 Å². The van der Waals surface area contributed by atoms with E-state index in [1.165, 1.54) is 269 Å². The van der Waals surface area contributed by atoms with Crippen molar-refractivity contribution in [1.82, 2.24) is 4.98 Å². The van der Waals surface area contributed by atoms with Crippen LogP contribution in [0.15, 0.2) is 6.20 Å². The van der Waals surface area contributed by atoms with Gasteiger partial charge < -0.3 is 0 Å². The largest absolute Gasteiger partial charge is 0.254 e. The fourth-order valence-corrected chi connectivity index (χ4v) is 7.93. The summed E-state index contributed by atoms with van der Waals surface area (Å²) in [5.74, 6) is 1.52. The van der Waals surface area contributed by atoms with Gasteiger partial charge in [-0.3, -0.25) is 0 Å². The van der Waals surface area contributed by atoms with Crippen molar-refractivity contribution in [2.75, 3.05) is 0 Å². The van der Waals surface area contributed by atoms with E-state index in [4.69, 9.17) is 0 Å². The summed E-state index contributed by atoms with van der Waals surface area (Å²) in [4.78, 5) is 3.77. The summed E-state index contributed by atoms with van der Waals surface area (Å²) in [6.45, 7) is 8.18. The van der Waals surface area contributed by atoms with Crippen molar-refractivity contribution in [3.05, 3.63) is 17.7 Å². The fraction of sp³-hybridized carbons (Fsp3) is 0.936. The molecule has 1 aromatic rings. The van der Waals surface area contributed by atoms with E-state index in [1.54, 1.807) is 5.69 Å². The minimum Gasteiger partial charge on any atom is -0.247 e. The summed E-state index contributed by atoms with van der Waals surface area (Å²) in [6.07, 6.45) is 59.5. The van der Waals surface area contributed by atoms with Crippen LogP contribution in [0, 0.1) is 0 Å². The lowest BCUT2D eigenvalue weighted by Crippen LogP contribution is -2.40. The summed E-state index contributed by atoms with van der Waals surface area (Å²) in [6, 6.07) is 0. The first-order valence-electron chi connectivity index (χ1n) is 23.4. The number of imidazole rings is 1. The van der Waals surface area contributed by atoms with Crippen LogP contribution in [0.5, 0.6) is 0 Å². The topological polar surface area (TPSA) is 19.7 Å². The Balaban J connectivity index is 2.26. The lowest BCUT2D eigenvalue weighted by molar-refractivity contribution is -0.710. The molecule has 1 aromatic heterocycles. The number of unbranched alkanes of at least 4 members (excludes halogenated alkanes) is 35. The minimum atomic E-state index is 1.24. The maximum Gasteiger partial charge on any atom is 0.254 e. The fourth-order valence-electron chi connectivity index (χ4n) is 7.93. The number of nitrogens with one attached hydrogen (secondary N) is 1. The Morgan fingerprint density at radius 1 is 0.327 bits per heavy atom. The highest BCUT2D eigenvalue weighted by Gasteiger charge is 2.17. The second-order valence-electron chi connectivity index (χ2n) is 16.3. The zero-order chi connectivity index (χ0) is 35.1. The number of H-pyrrole nitrogens is 1. The molecule has 0 aliphatic carbocycles. The van der Waals surface area contributed by atoms with Crippen molar-refractivity contribution in [1.29, 1.82) is 0 Å². The third-order valence-corrected chi connectivity index (χ3v) is 11.4. The number of rotatable bonds is 41. The van der Waals surface area contributed by atoms with Gasteiger partial charge in [-0.05, 0) is 25.7 Å². The van der Waals surface area contributed by atoms with Gasteiger partial charge in [0.25, 0.3) is 5.82 Å². The maximum absolute atomic E-state index is 3.77. The molecule has 0 aliphatic heterocycles. The first-order chi connectivity index (χ1) is 24.3. The lowest BCUT2D eigenvalue weighted by atomic mass is 10.0. The van der Waals surface area contributed by atoms with E-state index in [0.717, 1.165) is 0 Å². The van der Waals surface area contributed by atoms with E-state index in [0.29, 0.717) is 0 Å². The molecular weight excluding hydrogens is 593 g/mol. The van der Waals surface area contributed by atoms with Gasteiger partial charge in [0.1, 0.15) is 11.9 Å². The molecule has 1 heterocycles. The van der Waals surface area contributed by atoms with Crippen LogP contribution in [-0.2, 0) is 19.4 Å². The third kappa shape index (κ3) is 30.5. The molecule has 0 bridgehead atoms. The first kappa shape index (κ1) is 46.2. The average Bonchev–Trinajstić information content (AvgIpc) is 3.50. The molecular formula is C47H93N2+. The van der Waals surface area contributed by atoms with Crippen LogP contribution >= 0.6 is 0 Å². The van der Waals surface area contributed by atoms with Crippen LogP contribution in [0.25, 0.3) is 0 Å². The van der Waals surface area contributed by atoms with Gasteiger partial charge in [-0.1, -0.05) is 239 Å². The number of hydrogen-bond donors (Lipinski definition) is 1. The molecule has 0 atom stereocenters. The number of aromatic amines is 1. The summed E-state index contributed by atoms with van der Waals surface area (Å²) in [7, 11) is 0. The molecule has 290 valence electrons. The van der Waals surface area contributed by atoms with Crippen LogP contribution in [-0.4, -0.2) is 4.98 Å². The summed E-state index contributed by atoms with van der Waals surface area (Å²) in [5, 5.41) is 0. The van der Waals surface area contributed by atoms with Crippen molar-refractivity contribution in [2.24, 2.45) is 0 Å². The molecule has 0 amide bonds. The molecule has 1 N–H and O–H groups in total. The molecule has 0 saturated carbocycles. The van der Waals surface area contributed by atoms with E-state index in [-0.39, 0.29) is 0 Å². The lowest BCUT2D eigenvalue weighted by Gasteiger charge is -2.07. The van der Waals surface area contributed by atoms with E-state index < -0.39 is 0 Å². The van der Waals surface area contributed by atoms with Gasteiger partial charge in [0.15, 0.2) is 0 Å². The highest BCUT2D eigenvalue weighted by atomic mass is 15.1. The quantitative estimate of drug-likeness (QED) is 0.0523. The Labute approximate surface area is 310 Å². The van der Waals surface area contributed by atoms with E-state index in [2.05, 4.69) is 36.5 Å². The highest BCUT2D eigenvalue weighted by Crippen LogP contribution is 2.16. The Morgan fingerprint density at radius 3 is 0.918 bits per heavy atom. The zero-order valence-corrected chi connectivity index (χ0v) is 34.5. The molecule has 0 spiro atoms. The van der Waals surface area contributed by atoms with Crippen molar-refractivity contribution >= 4 is 0 Å². The Morgan fingerprint density at radius 2 is 0.592 bits per heavy atom. The Kier molecular flexibility index (Phi) is 36.3. The zero-order valence-electron chi connectivity index (χ0n) is 34.5. The molecule has 0 aromatic carbocycles. The van der Waals surface area contributed by atoms with Crippen LogP contribution in [0.1, 0.15) is 276 Å². The Hall–Kier alpha value is -0.790. The van der Waals surface area contributed by atoms with Crippen LogP contribution in [0.2, 0.25) is 0 Å². The highest BCUT2D eigenvalue weighted by molar-refractivity contribution is 4.92. The number of hydrogen-bond acceptors (Lipinski definition) is 0. The van der Waals surface area contributed by atoms with Crippen LogP contribution in [0.3, 0.4) is 0 Å². The molecule has 0 aliphatic rings. The molecule has 2 heteroatoms. The summed E-state index contributed by atoms with van der Waals surface area (Å²) >= 11 is 0.